The highest BCUT2D eigenvalue weighted by molar-refractivity contribution is 9.10. The quantitative estimate of drug-likeness (QED) is 0.764. The number of ether oxygens (including phenoxy) is 2. The summed E-state index contributed by atoms with van der Waals surface area (Å²) in [5, 5.41) is 0. The van der Waals surface area contributed by atoms with E-state index in [-0.39, 0.29) is 6.04 Å². The van der Waals surface area contributed by atoms with Gasteiger partial charge in [0.15, 0.2) is 0 Å². The molecule has 5 heteroatoms. The molecule has 0 saturated carbocycles. The Labute approximate surface area is 142 Å². The van der Waals surface area contributed by atoms with Crippen LogP contribution in [-0.4, -0.2) is 57.2 Å². The van der Waals surface area contributed by atoms with E-state index in [1.165, 1.54) is 19.4 Å². The number of likely N-dealkylation sites (N-methyl/N-ethyl adjacent to an activating group) is 2. The molecule has 2 unspecified atom stereocenters. The van der Waals surface area contributed by atoms with Crippen molar-refractivity contribution in [3.8, 4) is 11.5 Å². The van der Waals surface area contributed by atoms with Gasteiger partial charge in [-0.25, -0.2) is 0 Å². The minimum atomic E-state index is 0.219. The molecule has 4 nitrogen and oxygen atoms in total. The zero-order valence-corrected chi connectivity index (χ0v) is 15.8. The molecule has 0 bridgehead atoms. The van der Waals surface area contributed by atoms with Crippen LogP contribution < -0.4 is 9.47 Å². The molecule has 1 aromatic carbocycles. The molecule has 0 N–H and O–H groups in total. The molecule has 0 radical (unpaired) electrons. The maximum absolute atomic E-state index is 5.62. The largest absolute Gasteiger partial charge is 0.496 e. The van der Waals surface area contributed by atoms with Gasteiger partial charge in [-0.15, -0.1) is 0 Å². The fourth-order valence-electron chi connectivity index (χ4n) is 3.26. The van der Waals surface area contributed by atoms with Crippen molar-refractivity contribution in [2.24, 2.45) is 0 Å². The number of hydrogen-bond donors (Lipinski definition) is 0. The van der Waals surface area contributed by atoms with Crippen LogP contribution in [0.3, 0.4) is 0 Å². The van der Waals surface area contributed by atoms with E-state index in [1.54, 1.807) is 14.2 Å². The number of halogens is 1. The first-order valence-electron chi connectivity index (χ1n) is 7.80. The van der Waals surface area contributed by atoms with Gasteiger partial charge in [-0.3, -0.25) is 4.90 Å². The van der Waals surface area contributed by atoms with Crippen LogP contribution in [0, 0.1) is 0 Å². The molecule has 0 aromatic heterocycles. The number of rotatable bonds is 6. The summed E-state index contributed by atoms with van der Waals surface area (Å²) < 4.78 is 12.1. The summed E-state index contributed by atoms with van der Waals surface area (Å²) in [5.74, 6) is 1.73. The topological polar surface area (TPSA) is 24.9 Å². The summed E-state index contributed by atoms with van der Waals surface area (Å²) in [6.45, 7) is 4.47. The van der Waals surface area contributed by atoms with Crippen LogP contribution >= 0.6 is 15.9 Å². The molecule has 22 heavy (non-hydrogen) atoms. The van der Waals surface area contributed by atoms with Crippen molar-refractivity contribution in [1.82, 2.24) is 9.80 Å². The molecule has 0 aliphatic carbocycles. The molecule has 0 amide bonds. The number of nitrogens with zero attached hydrogens (tertiary/aromatic N) is 2. The number of benzene rings is 1. The molecule has 124 valence electrons. The van der Waals surface area contributed by atoms with Crippen molar-refractivity contribution in [2.75, 3.05) is 41.4 Å². The standard InChI is InChI=1S/C17H27BrN2O2/c1-12(20(3)11-13-7-6-10-19(13)2)16-15(21-4)9-8-14(18)17(16)22-5/h8-9,12-13H,6-7,10-11H2,1-5H3. The van der Waals surface area contributed by atoms with Gasteiger partial charge in [-0.2, -0.15) is 0 Å². The molecule has 1 saturated heterocycles. The molecule has 1 heterocycles. The van der Waals surface area contributed by atoms with Crippen LogP contribution in [0.2, 0.25) is 0 Å². The summed E-state index contributed by atoms with van der Waals surface area (Å²) in [6, 6.07) is 4.82. The second-order valence-electron chi connectivity index (χ2n) is 6.09. The van der Waals surface area contributed by atoms with Crippen molar-refractivity contribution in [3.05, 3.63) is 22.2 Å². The molecule has 1 aromatic rings. The van der Waals surface area contributed by atoms with E-state index in [9.17, 15) is 0 Å². The first-order chi connectivity index (χ1) is 10.5. The highest BCUT2D eigenvalue weighted by Gasteiger charge is 2.27. The first-order valence-corrected chi connectivity index (χ1v) is 8.59. The zero-order valence-electron chi connectivity index (χ0n) is 14.2. The number of likely N-dealkylation sites (tertiary alicyclic amines) is 1. The number of hydrogen-bond acceptors (Lipinski definition) is 4. The first kappa shape index (κ1) is 17.6. The van der Waals surface area contributed by atoms with E-state index in [0.717, 1.165) is 28.1 Å². The third-order valence-electron chi connectivity index (χ3n) is 4.78. The molecular formula is C17H27BrN2O2. The average Bonchev–Trinajstić information content (AvgIpc) is 2.91. The van der Waals surface area contributed by atoms with E-state index in [0.29, 0.717) is 6.04 Å². The second kappa shape index (κ2) is 7.66. The smallest absolute Gasteiger partial charge is 0.141 e. The molecular weight excluding hydrogens is 344 g/mol. The highest BCUT2D eigenvalue weighted by Crippen LogP contribution is 2.41. The predicted molar refractivity (Wildman–Crippen MR) is 93.9 cm³/mol. The fourth-order valence-corrected chi connectivity index (χ4v) is 3.76. The third kappa shape index (κ3) is 3.58. The van der Waals surface area contributed by atoms with Crippen molar-refractivity contribution < 1.29 is 9.47 Å². The SMILES string of the molecule is COc1ccc(Br)c(OC)c1C(C)N(C)CC1CCCN1C. The summed E-state index contributed by atoms with van der Waals surface area (Å²) in [6.07, 6.45) is 2.58. The molecule has 2 atom stereocenters. The van der Waals surface area contributed by atoms with E-state index < -0.39 is 0 Å². The minimum absolute atomic E-state index is 0.219. The minimum Gasteiger partial charge on any atom is -0.496 e. The summed E-state index contributed by atoms with van der Waals surface area (Å²) in [4.78, 5) is 4.85. The predicted octanol–water partition coefficient (Wildman–Crippen LogP) is 3.55. The fraction of sp³-hybridized carbons (Fsp3) is 0.647. The normalized spacial score (nSPS) is 20.4. The van der Waals surface area contributed by atoms with Gasteiger partial charge in [0.1, 0.15) is 11.5 Å². The van der Waals surface area contributed by atoms with Crippen LogP contribution in [-0.2, 0) is 0 Å². The van der Waals surface area contributed by atoms with Crippen LogP contribution in [0.15, 0.2) is 16.6 Å². The van der Waals surface area contributed by atoms with E-state index in [4.69, 9.17) is 9.47 Å². The third-order valence-corrected chi connectivity index (χ3v) is 5.41. The molecule has 1 fully saturated rings. The Morgan fingerprint density at radius 3 is 2.64 bits per heavy atom. The Morgan fingerprint density at radius 1 is 1.36 bits per heavy atom. The maximum atomic E-state index is 5.62. The van der Waals surface area contributed by atoms with Gasteiger partial charge in [-0.1, -0.05) is 0 Å². The van der Waals surface area contributed by atoms with E-state index in [2.05, 4.69) is 46.7 Å². The molecule has 2 rings (SSSR count). The average molecular weight is 371 g/mol. The van der Waals surface area contributed by atoms with Gasteiger partial charge in [-0.05, 0) is 68.5 Å². The highest BCUT2D eigenvalue weighted by atomic mass is 79.9. The van der Waals surface area contributed by atoms with Gasteiger partial charge in [0.25, 0.3) is 0 Å². The van der Waals surface area contributed by atoms with Crippen molar-refractivity contribution >= 4 is 15.9 Å². The van der Waals surface area contributed by atoms with Gasteiger partial charge in [0.2, 0.25) is 0 Å². The summed E-state index contributed by atoms with van der Waals surface area (Å²) in [5.41, 5.74) is 1.10. The van der Waals surface area contributed by atoms with Gasteiger partial charge < -0.3 is 14.4 Å². The maximum Gasteiger partial charge on any atom is 0.141 e. The lowest BCUT2D eigenvalue weighted by molar-refractivity contribution is 0.180. The Morgan fingerprint density at radius 2 is 2.09 bits per heavy atom. The Kier molecular flexibility index (Phi) is 6.12. The second-order valence-corrected chi connectivity index (χ2v) is 6.94. The van der Waals surface area contributed by atoms with Crippen molar-refractivity contribution in [1.29, 1.82) is 0 Å². The lowest BCUT2D eigenvalue weighted by atomic mass is 10.0. The molecule has 1 aliphatic rings. The number of methoxy groups -OCH3 is 2. The van der Waals surface area contributed by atoms with Crippen LogP contribution in [0.5, 0.6) is 11.5 Å². The zero-order chi connectivity index (χ0) is 16.3. The van der Waals surface area contributed by atoms with Crippen molar-refractivity contribution in [3.63, 3.8) is 0 Å². The Hall–Kier alpha value is -0.780. The summed E-state index contributed by atoms with van der Waals surface area (Å²) in [7, 11) is 7.82. The summed E-state index contributed by atoms with van der Waals surface area (Å²) >= 11 is 3.58. The van der Waals surface area contributed by atoms with E-state index >= 15 is 0 Å². The van der Waals surface area contributed by atoms with E-state index in [1.807, 2.05) is 12.1 Å². The van der Waals surface area contributed by atoms with Crippen LogP contribution in [0.1, 0.15) is 31.4 Å². The Balaban J connectivity index is 2.23. The molecule has 0 spiro atoms. The van der Waals surface area contributed by atoms with Crippen LogP contribution in [0.4, 0.5) is 0 Å². The lowest BCUT2D eigenvalue weighted by Crippen LogP contribution is -2.37. The van der Waals surface area contributed by atoms with Gasteiger partial charge in [0.05, 0.1) is 24.3 Å². The molecule has 1 aliphatic heterocycles. The monoisotopic (exact) mass is 370 g/mol. The van der Waals surface area contributed by atoms with Gasteiger partial charge >= 0.3 is 0 Å². The lowest BCUT2D eigenvalue weighted by Gasteiger charge is -2.32. The Bertz CT molecular complexity index is 510. The van der Waals surface area contributed by atoms with Crippen LogP contribution in [0.25, 0.3) is 0 Å². The van der Waals surface area contributed by atoms with Gasteiger partial charge in [0, 0.05) is 18.6 Å². The van der Waals surface area contributed by atoms with Crippen molar-refractivity contribution in [2.45, 2.75) is 31.8 Å².